The molecule has 2 bridgehead atoms. The van der Waals surface area contributed by atoms with E-state index in [1.165, 1.54) is 30.0 Å². The van der Waals surface area contributed by atoms with E-state index in [4.69, 9.17) is 12.2 Å². The van der Waals surface area contributed by atoms with Gasteiger partial charge in [0.2, 0.25) is 5.91 Å². The number of piperidine rings is 1. The quantitative estimate of drug-likeness (QED) is 0.440. The molecule has 2 aliphatic heterocycles. The van der Waals surface area contributed by atoms with Crippen molar-refractivity contribution >= 4 is 45.6 Å². The standard InChI is InChI=1S/C20H20N4O4S2/c25-18(21-15-3-1-4-16(8-15)24(27)28)12-30-20(29)22-9-13-7-14(11-22)17-5-2-6-19(26)23(17)10-13/h1-6,8,13-14H,7,9-12H2,(H,21,25). The molecule has 2 unspecified atom stereocenters. The fourth-order valence-electron chi connectivity index (χ4n) is 4.16. The van der Waals surface area contributed by atoms with Gasteiger partial charge in [0.1, 0.15) is 4.32 Å². The molecular formula is C20H20N4O4S2. The number of carbonyl (C=O) groups excluding carboxylic acids is 1. The van der Waals surface area contributed by atoms with Gasteiger partial charge in [-0.3, -0.25) is 19.7 Å². The maximum atomic E-state index is 12.3. The van der Waals surface area contributed by atoms with Crippen LogP contribution >= 0.6 is 24.0 Å². The molecule has 30 heavy (non-hydrogen) atoms. The van der Waals surface area contributed by atoms with Crippen LogP contribution in [-0.2, 0) is 11.3 Å². The van der Waals surface area contributed by atoms with Gasteiger partial charge in [-0.2, -0.15) is 0 Å². The number of nitro groups is 1. The summed E-state index contributed by atoms with van der Waals surface area (Å²) in [5.74, 6) is 0.470. The van der Waals surface area contributed by atoms with Crippen LogP contribution < -0.4 is 10.9 Å². The monoisotopic (exact) mass is 444 g/mol. The predicted octanol–water partition coefficient (Wildman–Crippen LogP) is 2.83. The highest BCUT2D eigenvalue weighted by Gasteiger charge is 2.35. The molecule has 1 aromatic carbocycles. The summed E-state index contributed by atoms with van der Waals surface area (Å²) in [6.07, 6.45) is 1.04. The number of pyridine rings is 1. The molecule has 1 amide bonds. The van der Waals surface area contributed by atoms with E-state index < -0.39 is 4.92 Å². The van der Waals surface area contributed by atoms with Crippen LogP contribution in [-0.4, -0.2) is 43.5 Å². The summed E-state index contributed by atoms with van der Waals surface area (Å²) < 4.78 is 2.53. The number of hydrogen-bond donors (Lipinski definition) is 1. The van der Waals surface area contributed by atoms with E-state index in [0.717, 1.165) is 25.2 Å². The minimum atomic E-state index is -0.501. The van der Waals surface area contributed by atoms with Gasteiger partial charge in [-0.05, 0) is 24.5 Å². The Morgan fingerprint density at radius 1 is 1.23 bits per heavy atom. The summed E-state index contributed by atoms with van der Waals surface area (Å²) in [6.45, 7) is 2.20. The number of non-ortho nitro benzene ring substituents is 1. The number of nitrogens with zero attached hydrogens (tertiary/aromatic N) is 3. The maximum absolute atomic E-state index is 12.3. The van der Waals surface area contributed by atoms with Crippen molar-refractivity contribution < 1.29 is 9.72 Å². The number of nitrogens with one attached hydrogen (secondary N) is 1. The van der Waals surface area contributed by atoms with Crippen molar-refractivity contribution in [2.75, 3.05) is 24.2 Å². The Morgan fingerprint density at radius 2 is 2.03 bits per heavy atom. The number of fused-ring (bicyclic) bond motifs is 4. The van der Waals surface area contributed by atoms with E-state index in [9.17, 15) is 19.7 Å². The predicted molar refractivity (Wildman–Crippen MR) is 120 cm³/mol. The van der Waals surface area contributed by atoms with Crippen LogP contribution in [0.2, 0.25) is 0 Å². The number of benzene rings is 1. The zero-order chi connectivity index (χ0) is 21.3. The summed E-state index contributed by atoms with van der Waals surface area (Å²) in [5.41, 5.74) is 1.41. The number of thiocarbonyl (C=S) groups is 1. The van der Waals surface area contributed by atoms with Gasteiger partial charge >= 0.3 is 0 Å². The number of hydrogen-bond acceptors (Lipinski definition) is 6. The van der Waals surface area contributed by atoms with Crippen molar-refractivity contribution in [1.82, 2.24) is 9.47 Å². The molecular weight excluding hydrogens is 424 g/mol. The highest BCUT2D eigenvalue weighted by atomic mass is 32.2. The third kappa shape index (κ3) is 4.39. The van der Waals surface area contributed by atoms with E-state index >= 15 is 0 Å². The van der Waals surface area contributed by atoms with Crippen LogP contribution in [0, 0.1) is 16.0 Å². The Labute approximate surface area is 182 Å². The van der Waals surface area contributed by atoms with Gasteiger partial charge in [0.25, 0.3) is 11.2 Å². The third-order valence-electron chi connectivity index (χ3n) is 5.41. The van der Waals surface area contributed by atoms with Gasteiger partial charge in [-0.15, -0.1) is 0 Å². The second-order valence-electron chi connectivity index (χ2n) is 7.51. The van der Waals surface area contributed by atoms with Crippen molar-refractivity contribution in [1.29, 1.82) is 0 Å². The van der Waals surface area contributed by atoms with Crippen molar-refractivity contribution in [2.45, 2.75) is 18.9 Å². The van der Waals surface area contributed by atoms with Crippen LogP contribution in [0.1, 0.15) is 18.0 Å². The van der Waals surface area contributed by atoms with Crippen LogP contribution in [0.15, 0.2) is 47.3 Å². The molecule has 1 N–H and O–H groups in total. The lowest BCUT2D eigenvalue weighted by atomic mass is 9.83. The number of anilines is 1. The first-order valence-electron chi connectivity index (χ1n) is 9.56. The maximum Gasteiger partial charge on any atom is 0.271 e. The molecule has 2 aromatic rings. The Morgan fingerprint density at radius 3 is 2.83 bits per heavy atom. The second kappa shape index (κ2) is 8.57. The SMILES string of the molecule is O=C(CSC(=S)N1CC2CC(C1)c1cccc(=O)n1C2)Nc1cccc([N+](=O)[O-])c1. The fraction of sp³-hybridized carbons (Fsp3) is 0.350. The lowest BCUT2D eigenvalue weighted by molar-refractivity contribution is -0.384. The molecule has 2 aliphatic rings. The lowest BCUT2D eigenvalue weighted by Gasteiger charge is -2.43. The summed E-state index contributed by atoms with van der Waals surface area (Å²) in [7, 11) is 0. The molecule has 156 valence electrons. The van der Waals surface area contributed by atoms with E-state index in [1.54, 1.807) is 18.2 Å². The van der Waals surface area contributed by atoms with E-state index in [-0.39, 0.29) is 28.8 Å². The molecule has 0 radical (unpaired) electrons. The van der Waals surface area contributed by atoms with Crippen LogP contribution in [0.5, 0.6) is 0 Å². The number of likely N-dealkylation sites (tertiary alicyclic amines) is 1. The number of thioether (sulfide) groups is 1. The molecule has 1 saturated heterocycles. The van der Waals surface area contributed by atoms with Crippen molar-refractivity contribution in [3.63, 3.8) is 0 Å². The smallest absolute Gasteiger partial charge is 0.271 e. The van der Waals surface area contributed by atoms with E-state index in [2.05, 4.69) is 10.2 Å². The normalized spacial score (nSPS) is 19.7. The lowest BCUT2D eigenvalue weighted by Crippen LogP contribution is -2.48. The number of rotatable bonds is 4. The summed E-state index contributed by atoms with van der Waals surface area (Å²) in [6, 6.07) is 11.3. The van der Waals surface area contributed by atoms with Crippen molar-refractivity contribution in [2.24, 2.45) is 5.92 Å². The number of nitro benzene ring substituents is 1. The van der Waals surface area contributed by atoms with Gasteiger partial charge in [0, 0.05) is 55.1 Å². The fourth-order valence-corrected chi connectivity index (χ4v) is 5.14. The van der Waals surface area contributed by atoms with Gasteiger partial charge in [0.05, 0.1) is 10.7 Å². The molecule has 4 rings (SSSR count). The topological polar surface area (TPSA) is 97.5 Å². The van der Waals surface area contributed by atoms with Gasteiger partial charge in [0.15, 0.2) is 0 Å². The summed E-state index contributed by atoms with van der Waals surface area (Å²) >= 11 is 6.85. The van der Waals surface area contributed by atoms with Crippen LogP contribution in [0.3, 0.4) is 0 Å². The number of amides is 1. The number of aromatic nitrogens is 1. The molecule has 3 heterocycles. The van der Waals surface area contributed by atoms with Crippen LogP contribution in [0.25, 0.3) is 0 Å². The zero-order valence-electron chi connectivity index (χ0n) is 16.0. The highest BCUT2D eigenvalue weighted by Crippen LogP contribution is 2.36. The average molecular weight is 445 g/mol. The Kier molecular flexibility index (Phi) is 5.87. The molecule has 1 aromatic heterocycles. The van der Waals surface area contributed by atoms with E-state index in [1.807, 2.05) is 10.6 Å². The molecule has 0 spiro atoms. The molecule has 1 fully saturated rings. The van der Waals surface area contributed by atoms with Gasteiger partial charge in [-0.25, -0.2) is 0 Å². The number of carbonyl (C=O) groups is 1. The first-order chi connectivity index (χ1) is 14.4. The molecule has 8 nitrogen and oxygen atoms in total. The van der Waals surface area contributed by atoms with Gasteiger partial charge < -0.3 is 14.8 Å². The third-order valence-corrected chi connectivity index (χ3v) is 6.93. The van der Waals surface area contributed by atoms with E-state index in [0.29, 0.717) is 22.5 Å². The first kappa shape index (κ1) is 20.5. The van der Waals surface area contributed by atoms with Crippen LogP contribution in [0.4, 0.5) is 11.4 Å². The minimum Gasteiger partial charge on any atom is -0.356 e. The Bertz CT molecular complexity index is 1070. The Balaban J connectivity index is 1.34. The largest absolute Gasteiger partial charge is 0.356 e. The highest BCUT2D eigenvalue weighted by molar-refractivity contribution is 8.23. The second-order valence-corrected chi connectivity index (χ2v) is 9.12. The average Bonchev–Trinajstić information content (AvgIpc) is 2.73. The van der Waals surface area contributed by atoms with Gasteiger partial charge in [-0.1, -0.05) is 36.1 Å². The Hall–Kier alpha value is -2.72. The van der Waals surface area contributed by atoms with Crippen molar-refractivity contribution in [3.8, 4) is 0 Å². The molecule has 10 heteroatoms. The first-order valence-corrected chi connectivity index (χ1v) is 11.0. The summed E-state index contributed by atoms with van der Waals surface area (Å²) in [4.78, 5) is 36.9. The minimum absolute atomic E-state index is 0.0467. The zero-order valence-corrected chi connectivity index (χ0v) is 17.7. The van der Waals surface area contributed by atoms with Crippen molar-refractivity contribution in [3.05, 3.63) is 68.6 Å². The molecule has 0 aliphatic carbocycles. The molecule has 0 saturated carbocycles. The molecule has 2 atom stereocenters. The summed E-state index contributed by atoms with van der Waals surface area (Å²) in [5, 5.41) is 13.5.